The molecule has 0 saturated heterocycles. The zero-order valence-corrected chi connectivity index (χ0v) is 12.3. The van der Waals surface area contributed by atoms with Crippen molar-refractivity contribution in [3.8, 4) is 9.88 Å². The number of hydrogen-bond donors (Lipinski definition) is 2. The highest BCUT2D eigenvalue weighted by atomic mass is 32.1. The van der Waals surface area contributed by atoms with Crippen LogP contribution in [0.4, 0.5) is 0 Å². The molecule has 0 aliphatic heterocycles. The van der Waals surface area contributed by atoms with E-state index in [1.807, 2.05) is 24.4 Å². The van der Waals surface area contributed by atoms with Crippen molar-refractivity contribution in [2.24, 2.45) is 0 Å². The maximum absolute atomic E-state index is 11.9. The van der Waals surface area contributed by atoms with E-state index in [0.717, 1.165) is 16.3 Å². The molecule has 0 saturated carbocycles. The molecule has 0 fully saturated rings. The number of thiophene rings is 1. The van der Waals surface area contributed by atoms with Gasteiger partial charge in [0.05, 0.1) is 11.0 Å². The van der Waals surface area contributed by atoms with Crippen molar-refractivity contribution >= 4 is 28.6 Å². The lowest BCUT2D eigenvalue weighted by atomic mass is 10.2. The largest absolute Gasteiger partial charge is 0.391 e. The number of thiazole rings is 1. The van der Waals surface area contributed by atoms with Crippen LogP contribution in [-0.4, -0.2) is 28.6 Å². The fourth-order valence-corrected chi connectivity index (χ4v) is 3.24. The lowest BCUT2D eigenvalue weighted by molar-refractivity contribution is 0.0906. The number of aliphatic hydroxyl groups excluding tert-OH is 1. The Kier molecular flexibility index (Phi) is 5.07. The first-order chi connectivity index (χ1) is 9.20. The van der Waals surface area contributed by atoms with Crippen LogP contribution in [-0.2, 0) is 0 Å². The van der Waals surface area contributed by atoms with Crippen LogP contribution in [0.5, 0.6) is 0 Å². The second-order valence-electron chi connectivity index (χ2n) is 4.17. The monoisotopic (exact) mass is 296 g/mol. The summed E-state index contributed by atoms with van der Waals surface area (Å²) in [7, 11) is 0. The molecule has 0 radical (unpaired) electrons. The number of nitrogens with zero attached hydrogens (tertiary/aromatic N) is 1. The quantitative estimate of drug-likeness (QED) is 0.861. The van der Waals surface area contributed by atoms with Crippen LogP contribution in [0.3, 0.4) is 0 Å². The summed E-state index contributed by atoms with van der Waals surface area (Å²) in [5, 5.41) is 16.9. The molecule has 0 aliphatic rings. The standard InChI is InChI=1S/C13H16N2O2S2/c1-2-4-9(16)7-14-12(17)10-8-19-13(15-10)11-5-3-6-18-11/h3,5-6,8-9,16H,2,4,7H2,1H3,(H,14,17). The van der Waals surface area contributed by atoms with Crippen molar-refractivity contribution in [3.63, 3.8) is 0 Å². The first kappa shape index (κ1) is 14.2. The van der Waals surface area contributed by atoms with Gasteiger partial charge in [0.1, 0.15) is 10.7 Å². The molecule has 0 spiro atoms. The highest BCUT2D eigenvalue weighted by molar-refractivity contribution is 7.20. The van der Waals surface area contributed by atoms with Gasteiger partial charge in [0.15, 0.2) is 0 Å². The SMILES string of the molecule is CCCC(O)CNC(=O)c1csc(-c2cccs2)n1. The van der Waals surface area contributed by atoms with E-state index in [0.29, 0.717) is 12.1 Å². The van der Waals surface area contributed by atoms with Gasteiger partial charge in [-0.3, -0.25) is 4.79 Å². The van der Waals surface area contributed by atoms with Gasteiger partial charge < -0.3 is 10.4 Å². The second-order valence-corrected chi connectivity index (χ2v) is 5.97. The van der Waals surface area contributed by atoms with Crippen LogP contribution >= 0.6 is 22.7 Å². The van der Waals surface area contributed by atoms with E-state index < -0.39 is 6.10 Å². The molecule has 0 bridgehead atoms. The molecule has 102 valence electrons. The second kappa shape index (κ2) is 6.79. The number of carbonyl (C=O) groups excluding carboxylic acids is 1. The predicted molar refractivity (Wildman–Crippen MR) is 78.7 cm³/mol. The van der Waals surface area contributed by atoms with E-state index in [1.165, 1.54) is 11.3 Å². The number of hydrogen-bond acceptors (Lipinski definition) is 5. The summed E-state index contributed by atoms with van der Waals surface area (Å²) in [6.07, 6.45) is 1.11. The number of rotatable bonds is 6. The summed E-state index contributed by atoms with van der Waals surface area (Å²) in [6.45, 7) is 2.28. The van der Waals surface area contributed by atoms with Crippen LogP contribution in [0, 0.1) is 0 Å². The predicted octanol–water partition coefficient (Wildman–Crippen LogP) is 2.76. The Balaban J connectivity index is 1.93. The van der Waals surface area contributed by atoms with Crippen molar-refractivity contribution in [1.82, 2.24) is 10.3 Å². The van der Waals surface area contributed by atoms with Gasteiger partial charge in [0.25, 0.3) is 5.91 Å². The summed E-state index contributed by atoms with van der Waals surface area (Å²) >= 11 is 3.06. The number of nitrogens with one attached hydrogen (secondary N) is 1. The van der Waals surface area contributed by atoms with Crippen LogP contribution in [0.25, 0.3) is 9.88 Å². The molecule has 1 amide bonds. The molecule has 6 heteroatoms. The molecular formula is C13H16N2O2S2. The third-order valence-corrected chi connectivity index (χ3v) is 4.47. The van der Waals surface area contributed by atoms with E-state index in [1.54, 1.807) is 16.7 Å². The van der Waals surface area contributed by atoms with Gasteiger partial charge in [-0.05, 0) is 17.9 Å². The molecule has 2 aromatic rings. The summed E-state index contributed by atoms with van der Waals surface area (Å²) in [5.41, 5.74) is 0.414. The van der Waals surface area contributed by atoms with E-state index >= 15 is 0 Å². The van der Waals surface area contributed by atoms with Gasteiger partial charge in [0.2, 0.25) is 0 Å². The smallest absolute Gasteiger partial charge is 0.270 e. The number of carbonyl (C=O) groups is 1. The molecule has 1 atom stereocenters. The van der Waals surface area contributed by atoms with Crippen molar-refractivity contribution < 1.29 is 9.90 Å². The van der Waals surface area contributed by atoms with Gasteiger partial charge >= 0.3 is 0 Å². The fourth-order valence-electron chi connectivity index (χ4n) is 1.63. The maximum atomic E-state index is 11.9. The molecule has 4 nitrogen and oxygen atoms in total. The van der Waals surface area contributed by atoms with E-state index in [-0.39, 0.29) is 12.5 Å². The highest BCUT2D eigenvalue weighted by Crippen LogP contribution is 2.27. The van der Waals surface area contributed by atoms with Crippen LogP contribution in [0.15, 0.2) is 22.9 Å². The zero-order valence-electron chi connectivity index (χ0n) is 10.6. The minimum atomic E-state index is -0.482. The summed E-state index contributed by atoms with van der Waals surface area (Å²) < 4.78 is 0. The molecule has 0 aromatic carbocycles. The van der Waals surface area contributed by atoms with Gasteiger partial charge in [-0.1, -0.05) is 19.4 Å². The molecule has 2 heterocycles. The van der Waals surface area contributed by atoms with E-state index in [4.69, 9.17) is 0 Å². The lowest BCUT2D eigenvalue weighted by Gasteiger charge is -2.09. The van der Waals surface area contributed by atoms with Crippen LogP contribution in [0.1, 0.15) is 30.3 Å². The average molecular weight is 296 g/mol. The molecule has 2 N–H and O–H groups in total. The Labute approximate surface area is 120 Å². The zero-order chi connectivity index (χ0) is 13.7. The third kappa shape index (κ3) is 3.86. The Morgan fingerprint density at radius 1 is 1.53 bits per heavy atom. The normalized spacial score (nSPS) is 12.3. The van der Waals surface area contributed by atoms with Crippen molar-refractivity contribution in [1.29, 1.82) is 0 Å². The van der Waals surface area contributed by atoms with Crippen molar-refractivity contribution in [2.75, 3.05) is 6.54 Å². The van der Waals surface area contributed by atoms with E-state index in [2.05, 4.69) is 10.3 Å². The minimum absolute atomic E-state index is 0.228. The number of aromatic nitrogens is 1. The molecule has 1 unspecified atom stereocenters. The topological polar surface area (TPSA) is 62.2 Å². The third-order valence-electron chi connectivity index (χ3n) is 2.59. The van der Waals surface area contributed by atoms with Gasteiger partial charge in [-0.25, -0.2) is 4.98 Å². The highest BCUT2D eigenvalue weighted by Gasteiger charge is 2.13. The minimum Gasteiger partial charge on any atom is -0.391 e. The average Bonchev–Trinajstić information content (AvgIpc) is 3.06. The summed E-state index contributed by atoms with van der Waals surface area (Å²) in [6, 6.07) is 3.94. The summed E-state index contributed by atoms with van der Waals surface area (Å²) in [4.78, 5) is 17.2. The number of aliphatic hydroxyl groups is 1. The maximum Gasteiger partial charge on any atom is 0.270 e. The van der Waals surface area contributed by atoms with Crippen LogP contribution < -0.4 is 5.32 Å². The van der Waals surface area contributed by atoms with Gasteiger partial charge in [-0.2, -0.15) is 0 Å². The van der Waals surface area contributed by atoms with E-state index in [9.17, 15) is 9.90 Å². The number of amides is 1. The lowest BCUT2D eigenvalue weighted by Crippen LogP contribution is -2.32. The summed E-state index contributed by atoms with van der Waals surface area (Å²) in [5.74, 6) is -0.228. The first-order valence-corrected chi connectivity index (χ1v) is 7.92. The molecule has 19 heavy (non-hydrogen) atoms. The Hall–Kier alpha value is -1.24. The van der Waals surface area contributed by atoms with Crippen molar-refractivity contribution in [2.45, 2.75) is 25.9 Å². The molecule has 0 aliphatic carbocycles. The Morgan fingerprint density at radius 2 is 2.37 bits per heavy atom. The van der Waals surface area contributed by atoms with Crippen LogP contribution in [0.2, 0.25) is 0 Å². The van der Waals surface area contributed by atoms with Gasteiger partial charge in [-0.15, -0.1) is 22.7 Å². The Bertz CT molecular complexity index is 522. The molecule has 2 aromatic heterocycles. The first-order valence-electron chi connectivity index (χ1n) is 6.16. The Morgan fingerprint density at radius 3 is 3.05 bits per heavy atom. The van der Waals surface area contributed by atoms with Gasteiger partial charge in [0, 0.05) is 11.9 Å². The van der Waals surface area contributed by atoms with Crippen molar-refractivity contribution in [3.05, 3.63) is 28.6 Å². The molecule has 2 rings (SSSR count). The molecular weight excluding hydrogens is 280 g/mol. The fraction of sp³-hybridized carbons (Fsp3) is 0.385.